The summed E-state index contributed by atoms with van der Waals surface area (Å²) in [4.78, 5) is 8.41. The minimum Gasteiger partial charge on any atom is -0.477 e. The van der Waals surface area contributed by atoms with Crippen LogP contribution in [0.1, 0.15) is 19.3 Å². The molecule has 1 fully saturated rings. The van der Waals surface area contributed by atoms with E-state index in [1.807, 2.05) is 6.26 Å². The number of thioether (sulfide) groups is 1. The second-order valence-corrected chi connectivity index (χ2v) is 4.58. The van der Waals surface area contributed by atoms with Gasteiger partial charge >= 0.3 is 0 Å². The fourth-order valence-electron chi connectivity index (χ4n) is 1.38. The fourth-order valence-corrected chi connectivity index (χ4v) is 1.75. The smallest absolute Gasteiger partial charge is 0.219 e. The van der Waals surface area contributed by atoms with E-state index in [1.54, 1.807) is 6.07 Å². The van der Waals surface area contributed by atoms with Gasteiger partial charge in [-0.1, -0.05) is 24.6 Å². The van der Waals surface area contributed by atoms with E-state index in [9.17, 15) is 0 Å². The van der Waals surface area contributed by atoms with Gasteiger partial charge in [-0.2, -0.15) is 4.98 Å². The Morgan fingerprint density at radius 2 is 2.38 bits per heavy atom. The molecule has 0 atom stereocenters. The zero-order chi connectivity index (χ0) is 11.4. The number of nitrogen functional groups attached to an aromatic ring is 1. The Labute approximate surface area is 99.2 Å². The van der Waals surface area contributed by atoms with Crippen molar-refractivity contribution >= 4 is 17.6 Å². The number of nitrogens with one attached hydrogen (secondary N) is 1. The molecular formula is C10H16N4OS. The molecular weight excluding hydrogens is 224 g/mol. The number of aromatic nitrogens is 2. The lowest BCUT2D eigenvalue weighted by molar-refractivity contribution is 0.288. The number of hydrogen-bond donors (Lipinski definition) is 2. The Morgan fingerprint density at radius 1 is 1.56 bits per heavy atom. The normalized spacial score (nSPS) is 14.9. The Morgan fingerprint density at radius 3 is 3.00 bits per heavy atom. The van der Waals surface area contributed by atoms with Gasteiger partial charge in [-0.15, -0.1) is 0 Å². The van der Waals surface area contributed by atoms with E-state index in [-0.39, 0.29) is 0 Å². The Balaban J connectivity index is 1.94. The molecule has 0 bridgehead atoms. The highest BCUT2D eigenvalue weighted by Gasteiger charge is 2.20. The van der Waals surface area contributed by atoms with Crippen LogP contribution < -0.4 is 16.0 Å². The van der Waals surface area contributed by atoms with Crippen LogP contribution in [0.5, 0.6) is 5.88 Å². The summed E-state index contributed by atoms with van der Waals surface area (Å²) in [6.45, 7) is 0.722. The summed E-state index contributed by atoms with van der Waals surface area (Å²) in [6, 6.07) is 1.71. The van der Waals surface area contributed by atoms with E-state index in [4.69, 9.17) is 10.6 Å². The minimum atomic E-state index is 0.584. The summed E-state index contributed by atoms with van der Waals surface area (Å²) < 4.78 is 5.58. The van der Waals surface area contributed by atoms with Crippen LogP contribution in [0.4, 0.5) is 5.82 Å². The molecule has 0 aromatic carbocycles. The van der Waals surface area contributed by atoms with E-state index in [0.717, 1.165) is 18.9 Å². The fraction of sp³-hybridized carbons (Fsp3) is 0.600. The zero-order valence-corrected chi connectivity index (χ0v) is 10.1. The number of hydrogen-bond acceptors (Lipinski definition) is 6. The van der Waals surface area contributed by atoms with Gasteiger partial charge in [0.2, 0.25) is 5.88 Å². The summed E-state index contributed by atoms with van der Waals surface area (Å²) in [5, 5.41) is 0.664. The molecule has 1 saturated carbocycles. The molecule has 0 aliphatic heterocycles. The number of nitrogens with zero attached hydrogens (tertiary/aromatic N) is 2. The van der Waals surface area contributed by atoms with Gasteiger partial charge in [-0.25, -0.2) is 10.8 Å². The predicted molar refractivity (Wildman–Crippen MR) is 64.5 cm³/mol. The summed E-state index contributed by atoms with van der Waals surface area (Å²) in [5.41, 5.74) is 2.51. The molecule has 0 spiro atoms. The van der Waals surface area contributed by atoms with Gasteiger partial charge in [0, 0.05) is 6.07 Å². The predicted octanol–water partition coefficient (Wildman–Crippen LogP) is 1.66. The van der Waals surface area contributed by atoms with Crippen molar-refractivity contribution in [3.63, 3.8) is 0 Å². The maximum Gasteiger partial charge on any atom is 0.219 e. The van der Waals surface area contributed by atoms with Crippen molar-refractivity contribution in [2.75, 3.05) is 18.3 Å². The van der Waals surface area contributed by atoms with E-state index >= 15 is 0 Å². The molecule has 0 unspecified atom stereocenters. The molecule has 1 aromatic heterocycles. The highest BCUT2D eigenvalue weighted by atomic mass is 32.2. The average molecular weight is 240 g/mol. The Kier molecular flexibility index (Phi) is 3.84. The molecule has 0 amide bonds. The number of hydrazine groups is 1. The first-order chi connectivity index (χ1) is 7.81. The van der Waals surface area contributed by atoms with E-state index in [0.29, 0.717) is 16.9 Å². The van der Waals surface area contributed by atoms with Crippen LogP contribution in [-0.2, 0) is 0 Å². The summed E-state index contributed by atoms with van der Waals surface area (Å²) in [5.74, 6) is 7.37. The first-order valence-corrected chi connectivity index (χ1v) is 6.57. The number of ether oxygens (including phenoxy) is 1. The molecule has 88 valence electrons. The maximum absolute atomic E-state index is 5.58. The monoisotopic (exact) mass is 240 g/mol. The first kappa shape index (κ1) is 11.5. The Hall–Kier alpha value is -1.01. The minimum absolute atomic E-state index is 0.584. The standard InChI is InChI=1S/C10H16N4OS/c1-16-10-12-8(14-11)6-9(13-10)15-5-4-7-2-3-7/h6-7H,2-5,11H2,1H3,(H,12,13,14). The second kappa shape index (κ2) is 5.36. The van der Waals surface area contributed by atoms with Crippen LogP contribution in [0.15, 0.2) is 11.2 Å². The lowest BCUT2D eigenvalue weighted by atomic mass is 10.3. The maximum atomic E-state index is 5.58. The van der Waals surface area contributed by atoms with Crippen LogP contribution >= 0.6 is 11.8 Å². The van der Waals surface area contributed by atoms with E-state index in [1.165, 1.54) is 24.6 Å². The quantitative estimate of drug-likeness (QED) is 0.341. The zero-order valence-electron chi connectivity index (χ0n) is 9.27. The largest absolute Gasteiger partial charge is 0.477 e. The highest BCUT2D eigenvalue weighted by molar-refractivity contribution is 7.98. The topological polar surface area (TPSA) is 73.1 Å². The number of nitrogens with two attached hydrogens (primary N) is 1. The van der Waals surface area contributed by atoms with Gasteiger partial charge in [0.1, 0.15) is 5.82 Å². The molecule has 0 radical (unpaired) electrons. The molecule has 1 heterocycles. The van der Waals surface area contributed by atoms with Crippen LogP contribution in [0.25, 0.3) is 0 Å². The molecule has 5 nitrogen and oxygen atoms in total. The van der Waals surface area contributed by atoms with E-state index < -0.39 is 0 Å². The molecule has 6 heteroatoms. The van der Waals surface area contributed by atoms with Crippen molar-refractivity contribution in [1.82, 2.24) is 9.97 Å². The van der Waals surface area contributed by atoms with Crippen LogP contribution in [0.3, 0.4) is 0 Å². The summed E-state index contributed by atoms with van der Waals surface area (Å²) in [7, 11) is 0. The highest BCUT2D eigenvalue weighted by Crippen LogP contribution is 2.32. The molecule has 1 aromatic rings. The van der Waals surface area contributed by atoms with Crippen molar-refractivity contribution in [2.45, 2.75) is 24.4 Å². The third-order valence-corrected chi connectivity index (χ3v) is 3.03. The molecule has 1 aliphatic rings. The van der Waals surface area contributed by atoms with Crippen LogP contribution in [-0.4, -0.2) is 22.8 Å². The molecule has 1 aliphatic carbocycles. The van der Waals surface area contributed by atoms with Gasteiger partial charge in [-0.3, -0.25) is 0 Å². The average Bonchev–Trinajstić information content (AvgIpc) is 3.12. The van der Waals surface area contributed by atoms with Crippen LogP contribution in [0, 0.1) is 5.92 Å². The van der Waals surface area contributed by atoms with E-state index in [2.05, 4.69) is 15.4 Å². The van der Waals surface area contributed by atoms with Crippen molar-refractivity contribution in [3.05, 3.63) is 6.07 Å². The van der Waals surface area contributed by atoms with Gasteiger partial charge in [0.15, 0.2) is 5.16 Å². The molecule has 3 N–H and O–H groups in total. The van der Waals surface area contributed by atoms with Crippen molar-refractivity contribution < 1.29 is 4.74 Å². The summed E-state index contributed by atoms with van der Waals surface area (Å²) in [6.07, 6.45) is 5.73. The second-order valence-electron chi connectivity index (χ2n) is 3.80. The van der Waals surface area contributed by atoms with Gasteiger partial charge in [0.05, 0.1) is 6.61 Å². The lowest BCUT2D eigenvalue weighted by Gasteiger charge is -2.07. The van der Waals surface area contributed by atoms with Gasteiger partial charge < -0.3 is 10.2 Å². The van der Waals surface area contributed by atoms with Crippen molar-refractivity contribution in [1.29, 1.82) is 0 Å². The third-order valence-electron chi connectivity index (χ3n) is 2.49. The molecule has 2 rings (SSSR count). The van der Waals surface area contributed by atoms with Gasteiger partial charge in [-0.05, 0) is 18.6 Å². The molecule has 16 heavy (non-hydrogen) atoms. The van der Waals surface area contributed by atoms with Crippen molar-refractivity contribution in [2.24, 2.45) is 11.8 Å². The number of rotatable bonds is 6. The molecule has 0 saturated heterocycles. The number of anilines is 1. The first-order valence-electron chi connectivity index (χ1n) is 5.34. The Bertz CT molecular complexity index is 334. The summed E-state index contributed by atoms with van der Waals surface area (Å²) >= 11 is 1.47. The van der Waals surface area contributed by atoms with Gasteiger partial charge in [0.25, 0.3) is 0 Å². The lowest BCUT2D eigenvalue weighted by Crippen LogP contribution is -2.10. The SMILES string of the molecule is CSc1nc(NN)cc(OCCC2CC2)n1. The third kappa shape index (κ3) is 3.24. The van der Waals surface area contributed by atoms with Crippen LogP contribution in [0.2, 0.25) is 0 Å². The van der Waals surface area contributed by atoms with Crippen molar-refractivity contribution in [3.8, 4) is 5.88 Å².